The van der Waals surface area contributed by atoms with E-state index < -0.39 is 17.4 Å². The first-order valence-electron chi connectivity index (χ1n) is 4.19. The molecule has 0 aliphatic heterocycles. The third kappa shape index (κ3) is 2.01. The van der Waals surface area contributed by atoms with E-state index >= 15 is 0 Å². The average molecular weight is 214 g/mol. The molecule has 5 heteroatoms. The number of carbonyl (C=O) groups is 1. The van der Waals surface area contributed by atoms with E-state index in [1.807, 2.05) is 0 Å². The second-order valence-electron chi connectivity index (χ2n) is 3.20. The maximum Gasteiger partial charge on any atom is 0.348 e. The fourth-order valence-electron chi connectivity index (χ4n) is 1.12. The topological polar surface area (TPSA) is 66.8 Å². The summed E-state index contributed by atoms with van der Waals surface area (Å²) in [6.07, 6.45) is 0. The zero-order chi connectivity index (χ0) is 11.6. The van der Waals surface area contributed by atoms with Crippen LogP contribution in [-0.2, 0) is 15.2 Å². The lowest BCUT2D eigenvalue weighted by Crippen LogP contribution is -2.28. The smallest absolute Gasteiger partial charge is 0.348 e. The summed E-state index contributed by atoms with van der Waals surface area (Å²) in [4.78, 5) is 11.1. The molecule has 2 N–H and O–H groups in total. The number of halogens is 1. The highest BCUT2D eigenvalue weighted by molar-refractivity contribution is 5.80. The minimum Gasteiger partial charge on any atom is -0.504 e. The Kier molecular flexibility index (Phi) is 2.83. The first-order valence-corrected chi connectivity index (χ1v) is 4.19. The van der Waals surface area contributed by atoms with Gasteiger partial charge in [-0.1, -0.05) is 6.07 Å². The molecule has 0 bridgehead atoms. The van der Waals surface area contributed by atoms with Gasteiger partial charge in [-0.3, -0.25) is 0 Å². The molecule has 15 heavy (non-hydrogen) atoms. The lowest BCUT2D eigenvalue weighted by Gasteiger charge is -2.17. The summed E-state index contributed by atoms with van der Waals surface area (Å²) in [6.45, 7) is 1.02. The highest BCUT2D eigenvalue weighted by Crippen LogP contribution is 2.33. The highest BCUT2D eigenvalue weighted by Gasteiger charge is 2.36. The number of esters is 1. The summed E-state index contributed by atoms with van der Waals surface area (Å²) in [6, 6.07) is 3.28. The first-order chi connectivity index (χ1) is 6.89. The Hall–Kier alpha value is -1.78. The van der Waals surface area contributed by atoms with E-state index in [4.69, 9.17) is 10.2 Å². The summed E-state index contributed by atoms with van der Waals surface area (Å²) < 4.78 is 18.1. The molecule has 0 fully saturated rings. The molecule has 0 aromatic heterocycles. The monoisotopic (exact) mass is 214 g/mol. The molecule has 1 aromatic carbocycles. The molecular formula is C10H11FO4. The van der Waals surface area contributed by atoms with Crippen LogP contribution >= 0.6 is 0 Å². The normalized spacial score (nSPS) is 14.3. The number of benzene rings is 1. The van der Waals surface area contributed by atoms with Crippen molar-refractivity contribution in [1.82, 2.24) is 0 Å². The molecule has 0 aliphatic carbocycles. The van der Waals surface area contributed by atoms with Gasteiger partial charge in [0.1, 0.15) is 0 Å². The number of aromatic hydroxyl groups is 2. The maximum absolute atomic E-state index is 13.9. The summed E-state index contributed by atoms with van der Waals surface area (Å²) in [5.41, 5.74) is -2.43. The van der Waals surface area contributed by atoms with E-state index in [2.05, 4.69) is 4.74 Å². The van der Waals surface area contributed by atoms with Gasteiger partial charge >= 0.3 is 5.97 Å². The molecule has 82 valence electrons. The van der Waals surface area contributed by atoms with Gasteiger partial charge < -0.3 is 14.9 Å². The van der Waals surface area contributed by atoms with Crippen LogP contribution in [0.4, 0.5) is 4.39 Å². The average Bonchev–Trinajstić information content (AvgIpc) is 2.20. The van der Waals surface area contributed by atoms with Crippen molar-refractivity contribution in [2.45, 2.75) is 12.6 Å². The maximum atomic E-state index is 13.9. The van der Waals surface area contributed by atoms with Gasteiger partial charge in [-0.05, 0) is 19.1 Å². The SMILES string of the molecule is COC(=O)C(C)(F)c1ccc(O)c(O)c1. The van der Waals surface area contributed by atoms with Gasteiger partial charge in [0.15, 0.2) is 11.5 Å². The minimum atomic E-state index is -2.35. The van der Waals surface area contributed by atoms with Crippen LogP contribution in [0.25, 0.3) is 0 Å². The lowest BCUT2D eigenvalue weighted by molar-refractivity contribution is -0.154. The van der Waals surface area contributed by atoms with Gasteiger partial charge in [0.25, 0.3) is 0 Å². The number of hydrogen-bond acceptors (Lipinski definition) is 4. The van der Waals surface area contributed by atoms with Gasteiger partial charge in [-0.2, -0.15) is 0 Å². The van der Waals surface area contributed by atoms with Crippen LogP contribution in [0, 0.1) is 0 Å². The number of phenolic OH excluding ortho intramolecular Hbond substituents is 2. The number of alkyl halides is 1. The van der Waals surface area contributed by atoms with Gasteiger partial charge in [0.05, 0.1) is 7.11 Å². The fraction of sp³-hybridized carbons (Fsp3) is 0.300. The van der Waals surface area contributed by atoms with Crippen molar-refractivity contribution in [2.24, 2.45) is 0 Å². The molecular weight excluding hydrogens is 203 g/mol. The Morgan fingerprint density at radius 1 is 1.40 bits per heavy atom. The predicted molar refractivity (Wildman–Crippen MR) is 50.2 cm³/mol. The van der Waals surface area contributed by atoms with Crippen molar-refractivity contribution in [3.63, 3.8) is 0 Å². The van der Waals surface area contributed by atoms with Crippen LogP contribution < -0.4 is 0 Å². The van der Waals surface area contributed by atoms with Gasteiger partial charge in [-0.25, -0.2) is 9.18 Å². The van der Waals surface area contributed by atoms with Crippen LogP contribution in [0.15, 0.2) is 18.2 Å². The van der Waals surface area contributed by atoms with Crippen molar-refractivity contribution in [2.75, 3.05) is 7.11 Å². The number of rotatable bonds is 2. The van der Waals surface area contributed by atoms with E-state index in [0.29, 0.717) is 0 Å². The van der Waals surface area contributed by atoms with E-state index in [0.717, 1.165) is 26.2 Å². The van der Waals surface area contributed by atoms with E-state index in [1.165, 1.54) is 6.07 Å². The van der Waals surface area contributed by atoms with Crippen LogP contribution in [0.2, 0.25) is 0 Å². The van der Waals surface area contributed by atoms with Crippen molar-refractivity contribution in [1.29, 1.82) is 0 Å². The van der Waals surface area contributed by atoms with E-state index in [9.17, 15) is 9.18 Å². The second kappa shape index (κ2) is 3.76. The summed E-state index contributed by atoms with van der Waals surface area (Å²) in [7, 11) is 1.07. The van der Waals surface area contributed by atoms with Crippen LogP contribution in [0.5, 0.6) is 11.5 Å². The third-order valence-electron chi connectivity index (χ3n) is 2.09. The lowest BCUT2D eigenvalue weighted by atomic mass is 9.98. The Labute approximate surface area is 85.9 Å². The Bertz CT molecular complexity index is 387. The van der Waals surface area contributed by atoms with Gasteiger partial charge in [0, 0.05) is 5.56 Å². The van der Waals surface area contributed by atoms with Crippen molar-refractivity contribution in [3.05, 3.63) is 23.8 Å². The molecule has 0 amide bonds. The Morgan fingerprint density at radius 3 is 2.47 bits per heavy atom. The summed E-state index contributed by atoms with van der Waals surface area (Å²) >= 11 is 0. The molecule has 0 radical (unpaired) electrons. The number of hydrogen-bond donors (Lipinski definition) is 2. The van der Waals surface area contributed by atoms with Gasteiger partial charge in [0.2, 0.25) is 5.67 Å². The number of carbonyl (C=O) groups excluding carboxylic acids is 1. The molecule has 0 spiro atoms. The molecule has 1 atom stereocenters. The van der Waals surface area contributed by atoms with Crippen molar-refractivity contribution in [3.8, 4) is 11.5 Å². The van der Waals surface area contributed by atoms with Crippen LogP contribution in [0.3, 0.4) is 0 Å². The highest BCUT2D eigenvalue weighted by atomic mass is 19.1. The quantitative estimate of drug-likeness (QED) is 0.577. The van der Waals surface area contributed by atoms with Crippen molar-refractivity contribution >= 4 is 5.97 Å². The van der Waals surface area contributed by atoms with Crippen molar-refractivity contribution < 1.29 is 24.1 Å². The summed E-state index contributed by atoms with van der Waals surface area (Å²) in [5.74, 6) is -1.92. The zero-order valence-electron chi connectivity index (χ0n) is 8.32. The Balaban J connectivity index is 3.16. The molecule has 0 saturated carbocycles. The van der Waals surface area contributed by atoms with E-state index in [-0.39, 0.29) is 11.3 Å². The van der Waals surface area contributed by atoms with E-state index in [1.54, 1.807) is 0 Å². The van der Waals surface area contributed by atoms with Crippen LogP contribution in [-0.4, -0.2) is 23.3 Å². The number of ether oxygens (including phenoxy) is 1. The predicted octanol–water partition coefficient (Wildman–Crippen LogP) is 1.46. The number of phenols is 2. The molecule has 4 nitrogen and oxygen atoms in total. The van der Waals surface area contributed by atoms with Crippen LogP contribution in [0.1, 0.15) is 12.5 Å². The molecule has 0 aliphatic rings. The second-order valence-corrected chi connectivity index (χ2v) is 3.20. The fourth-order valence-corrected chi connectivity index (χ4v) is 1.12. The summed E-state index contributed by atoms with van der Waals surface area (Å²) in [5, 5.41) is 18.2. The van der Waals surface area contributed by atoms with Gasteiger partial charge in [-0.15, -0.1) is 0 Å². The molecule has 1 unspecified atom stereocenters. The molecule has 0 saturated heterocycles. The zero-order valence-corrected chi connectivity index (χ0v) is 8.32. The Morgan fingerprint density at radius 2 is 2.00 bits per heavy atom. The standard InChI is InChI=1S/C10H11FO4/c1-10(11,9(14)15-2)6-3-4-7(12)8(13)5-6/h3-5,12-13H,1-2H3. The first kappa shape index (κ1) is 11.3. The molecule has 1 rings (SSSR count). The minimum absolute atomic E-state index is 0.0790. The molecule has 1 aromatic rings. The largest absolute Gasteiger partial charge is 0.504 e. The molecule has 0 heterocycles. The number of methoxy groups -OCH3 is 1. The third-order valence-corrected chi connectivity index (χ3v) is 2.09.